The average molecular weight is 161 g/mol. The first kappa shape index (κ1) is 7.56. The molecule has 0 aliphatic heterocycles. The van der Waals surface area contributed by atoms with E-state index in [0.29, 0.717) is 15.8 Å². The summed E-state index contributed by atoms with van der Waals surface area (Å²) in [4.78, 5) is 0. The van der Waals surface area contributed by atoms with Crippen LogP contribution in [-0.2, 0) is 0 Å². The van der Waals surface area contributed by atoms with E-state index in [0.717, 1.165) is 9.41 Å². The minimum atomic E-state index is 0.632. The summed E-state index contributed by atoms with van der Waals surface area (Å²) in [6.07, 6.45) is 0. The first-order chi connectivity index (χ1) is 3.13. The van der Waals surface area contributed by atoms with Crippen molar-refractivity contribution < 1.29 is 0 Å². The van der Waals surface area contributed by atoms with Crippen LogP contribution in [0.5, 0.6) is 0 Å². The Morgan fingerprint density at radius 2 is 1.14 bits per heavy atom. The average Bonchev–Trinajstić information content (AvgIpc) is 1.27. The summed E-state index contributed by atoms with van der Waals surface area (Å²) in [6.45, 7) is 9.22. The van der Waals surface area contributed by atoms with Gasteiger partial charge in [-0.25, -0.2) is 0 Å². The molecule has 0 aliphatic rings. The van der Waals surface area contributed by atoms with Crippen LogP contribution in [0.2, 0.25) is 9.41 Å². The third-order valence-electron chi connectivity index (χ3n) is 0.596. The van der Waals surface area contributed by atoms with Gasteiger partial charge in [-0.1, -0.05) is 0 Å². The van der Waals surface area contributed by atoms with Crippen LogP contribution in [0.4, 0.5) is 0 Å². The molecule has 0 spiro atoms. The number of hydrogen-bond donors (Lipinski definition) is 0. The summed E-state index contributed by atoms with van der Waals surface area (Å²) in [7, 11) is 0. The maximum atomic E-state index is 2.31. The second-order valence-electron chi connectivity index (χ2n) is 2.34. The molecule has 0 fully saturated rings. The molecule has 0 amide bonds. The summed E-state index contributed by atoms with van der Waals surface area (Å²) in [5, 5.41) is 0. The van der Waals surface area contributed by atoms with Gasteiger partial charge in [0.25, 0.3) is 0 Å². The van der Waals surface area contributed by atoms with Gasteiger partial charge >= 0.3 is 52.9 Å². The van der Waals surface area contributed by atoms with Crippen molar-refractivity contribution in [2.75, 3.05) is 0 Å². The summed E-state index contributed by atoms with van der Waals surface area (Å²) in [5.74, 6) is 0. The monoisotopic (exact) mass is 161 g/mol. The molecule has 0 aromatic rings. The second kappa shape index (κ2) is 3.55. The summed E-state index contributed by atoms with van der Waals surface area (Å²) < 4.78 is 1.94. The van der Waals surface area contributed by atoms with E-state index in [1.807, 2.05) is 0 Å². The molecule has 0 rings (SSSR count). The van der Waals surface area contributed by atoms with Crippen molar-refractivity contribution in [3.05, 3.63) is 0 Å². The van der Waals surface area contributed by atoms with Crippen molar-refractivity contribution in [1.82, 2.24) is 0 Å². The standard InChI is InChI=1S/C6H14As/c1-5(2)7-6(3)4/h5-6H,1-4H3. The predicted octanol–water partition coefficient (Wildman–Crippen LogP) is 2.35. The van der Waals surface area contributed by atoms with Crippen molar-refractivity contribution in [2.24, 2.45) is 0 Å². The fourth-order valence-corrected chi connectivity index (χ4v) is 3.10. The Balaban J connectivity index is 2.95. The molecule has 43 valence electrons. The van der Waals surface area contributed by atoms with Crippen LogP contribution in [0.1, 0.15) is 27.7 Å². The van der Waals surface area contributed by atoms with Crippen LogP contribution in [-0.4, -0.2) is 15.8 Å². The van der Waals surface area contributed by atoms with Gasteiger partial charge < -0.3 is 0 Å². The molecule has 1 heteroatoms. The quantitative estimate of drug-likeness (QED) is 0.545. The third-order valence-corrected chi connectivity index (χ3v) is 3.10. The van der Waals surface area contributed by atoms with Gasteiger partial charge in [0.15, 0.2) is 0 Å². The molecule has 0 saturated heterocycles. The van der Waals surface area contributed by atoms with Crippen molar-refractivity contribution >= 4 is 15.8 Å². The van der Waals surface area contributed by atoms with E-state index < -0.39 is 0 Å². The zero-order valence-corrected chi connectivity index (χ0v) is 7.48. The van der Waals surface area contributed by atoms with Crippen LogP contribution < -0.4 is 0 Å². The number of rotatable bonds is 2. The molecule has 0 N–H and O–H groups in total. The molecule has 0 nitrogen and oxygen atoms in total. The fourth-order valence-electron chi connectivity index (χ4n) is 0.596. The predicted molar refractivity (Wildman–Crippen MR) is 35.9 cm³/mol. The van der Waals surface area contributed by atoms with Crippen molar-refractivity contribution in [2.45, 2.75) is 37.1 Å². The van der Waals surface area contributed by atoms with E-state index in [2.05, 4.69) is 27.7 Å². The summed E-state index contributed by atoms with van der Waals surface area (Å²) >= 11 is 0.632. The maximum absolute atomic E-state index is 2.31. The van der Waals surface area contributed by atoms with Crippen molar-refractivity contribution in [3.8, 4) is 0 Å². The van der Waals surface area contributed by atoms with Gasteiger partial charge in [-0.2, -0.15) is 0 Å². The topological polar surface area (TPSA) is 0 Å². The minimum absolute atomic E-state index is 0.632. The molecule has 1 radical (unpaired) electrons. The Kier molecular flexibility index (Phi) is 3.83. The summed E-state index contributed by atoms with van der Waals surface area (Å²) in [5.41, 5.74) is 0. The van der Waals surface area contributed by atoms with Gasteiger partial charge in [0.1, 0.15) is 0 Å². The van der Waals surface area contributed by atoms with Gasteiger partial charge in [0.2, 0.25) is 0 Å². The molecule has 0 bridgehead atoms. The van der Waals surface area contributed by atoms with Gasteiger partial charge in [0, 0.05) is 0 Å². The Morgan fingerprint density at radius 3 is 1.14 bits per heavy atom. The molecule has 0 atom stereocenters. The van der Waals surface area contributed by atoms with Gasteiger partial charge in [-0.05, 0) is 0 Å². The molecule has 0 heterocycles. The van der Waals surface area contributed by atoms with E-state index in [1.54, 1.807) is 0 Å². The normalized spacial score (nSPS) is 11.1. The van der Waals surface area contributed by atoms with Crippen LogP contribution in [0.3, 0.4) is 0 Å². The molecule has 0 aliphatic carbocycles. The van der Waals surface area contributed by atoms with Crippen LogP contribution in [0.25, 0.3) is 0 Å². The molecule has 7 heavy (non-hydrogen) atoms. The molecule has 0 saturated carbocycles. The molecule has 0 unspecified atom stereocenters. The Labute approximate surface area is 53.4 Å². The molecular formula is C6H14As. The number of hydrogen-bond acceptors (Lipinski definition) is 0. The van der Waals surface area contributed by atoms with Crippen LogP contribution >= 0.6 is 0 Å². The van der Waals surface area contributed by atoms with E-state index in [9.17, 15) is 0 Å². The van der Waals surface area contributed by atoms with Crippen molar-refractivity contribution in [3.63, 3.8) is 0 Å². The molecular weight excluding hydrogens is 147 g/mol. The SMILES string of the molecule is CC(C)[As]C(C)C. The Hall–Kier alpha value is 0.558. The fraction of sp³-hybridized carbons (Fsp3) is 1.00. The van der Waals surface area contributed by atoms with Crippen LogP contribution in [0.15, 0.2) is 0 Å². The Bertz CT molecular complexity index is 33.4. The van der Waals surface area contributed by atoms with Gasteiger partial charge in [-0.3, -0.25) is 0 Å². The molecule has 0 aromatic carbocycles. The summed E-state index contributed by atoms with van der Waals surface area (Å²) in [6, 6.07) is 0. The van der Waals surface area contributed by atoms with Gasteiger partial charge in [-0.15, -0.1) is 0 Å². The van der Waals surface area contributed by atoms with E-state index in [4.69, 9.17) is 0 Å². The zero-order valence-electron chi connectivity index (χ0n) is 5.60. The third kappa shape index (κ3) is 6.56. The van der Waals surface area contributed by atoms with Crippen LogP contribution in [0, 0.1) is 0 Å². The van der Waals surface area contributed by atoms with E-state index in [-0.39, 0.29) is 0 Å². The second-order valence-corrected chi connectivity index (χ2v) is 7.30. The zero-order chi connectivity index (χ0) is 5.86. The van der Waals surface area contributed by atoms with E-state index >= 15 is 0 Å². The van der Waals surface area contributed by atoms with Gasteiger partial charge in [0.05, 0.1) is 0 Å². The first-order valence-electron chi connectivity index (χ1n) is 2.83. The first-order valence-corrected chi connectivity index (χ1v) is 4.99. The molecule has 0 aromatic heterocycles. The van der Waals surface area contributed by atoms with E-state index in [1.165, 1.54) is 0 Å². The van der Waals surface area contributed by atoms with Crippen molar-refractivity contribution in [1.29, 1.82) is 0 Å². The Morgan fingerprint density at radius 1 is 0.857 bits per heavy atom.